The van der Waals surface area contributed by atoms with E-state index < -0.39 is 5.60 Å². The van der Waals surface area contributed by atoms with Crippen LogP contribution in [0, 0.1) is 0 Å². The molecule has 13 heavy (non-hydrogen) atoms. The Kier molecular flexibility index (Phi) is 5.46. The molecule has 4 heteroatoms. The predicted octanol–water partition coefficient (Wildman–Crippen LogP) is 1.57. The van der Waals surface area contributed by atoms with Gasteiger partial charge in [-0.3, -0.25) is 5.73 Å². The minimum atomic E-state index is -0.431. The monoisotopic (exact) mass is 187 g/mol. The Morgan fingerprint density at radius 1 is 1.38 bits per heavy atom. The van der Waals surface area contributed by atoms with Crippen molar-refractivity contribution in [1.29, 1.82) is 0 Å². The maximum Gasteiger partial charge on any atom is 0.407 e. The fourth-order valence-electron chi connectivity index (χ4n) is 0.755. The molecule has 0 atom stereocenters. The van der Waals surface area contributed by atoms with E-state index in [-0.39, 0.29) is 6.09 Å². The van der Waals surface area contributed by atoms with Crippen LogP contribution in [0.5, 0.6) is 0 Å². The zero-order chi connectivity index (χ0) is 10.3. The van der Waals surface area contributed by atoms with Gasteiger partial charge in [0.15, 0.2) is 0 Å². The smallest absolute Gasteiger partial charge is 0.407 e. The molecule has 0 aliphatic rings. The second-order valence-corrected chi connectivity index (χ2v) is 3.89. The lowest BCUT2D eigenvalue weighted by molar-refractivity contribution is 0.0527. The van der Waals surface area contributed by atoms with Crippen LogP contribution in [0.15, 0.2) is 0 Å². The van der Waals surface area contributed by atoms with Gasteiger partial charge in [-0.15, -0.1) is 0 Å². The van der Waals surface area contributed by atoms with Crippen LogP contribution in [-0.4, -0.2) is 24.8 Å². The first-order valence-corrected chi connectivity index (χ1v) is 4.57. The molecule has 0 bridgehead atoms. The summed E-state index contributed by atoms with van der Waals surface area (Å²) in [7, 11) is 0. The Bertz CT molecular complexity index is 152. The third kappa shape index (κ3) is 9.14. The van der Waals surface area contributed by atoms with Gasteiger partial charge in [0.1, 0.15) is 5.60 Å². The number of nitrogens with one attached hydrogen (secondary N) is 2. The topological polar surface area (TPSA) is 62.1 Å². The fourth-order valence-corrected chi connectivity index (χ4v) is 0.755. The molecule has 0 saturated heterocycles. The Morgan fingerprint density at radius 3 is 2.46 bits per heavy atom. The number of hydrogen-bond donors (Lipinski definition) is 1. The highest BCUT2D eigenvalue weighted by atomic mass is 16.6. The summed E-state index contributed by atoms with van der Waals surface area (Å²) in [5.74, 6) is 0. The van der Waals surface area contributed by atoms with E-state index in [1.807, 2.05) is 20.8 Å². The lowest BCUT2D eigenvalue weighted by atomic mass is 10.2. The van der Waals surface area contributed by atoms with E-state index in [2.05, 4.69) is 5.32 Å². The molecule has 1 radical (unpaired) electrons. The van der Waals surface area contributed by atoms with Crippen LogP contribution in [0.25, 0.3) is 0 Å². The van der Waals surface area contributed by atoms with Gasteiger partial charge in [0.05, 0.1) is 0 Å². The van der Waals surface area contributed by atoms with Gasteiger partial charge in [0, 0.05) is 13.1 Å². The Morgan fingerprint density at radius 2 is 2.00 bits per heavy atom. The molecular weight excluding hydrogens is 168 g/mol. The quantitative estimate of drug-likeness (QED) is 0.679. The number of rotatable bonds is 4. The highest BCUT2D eigenvalue weighted by molar-refractivity contribution is 5.67. The van der Waals surface area contributed by atoms with Gasteiger partial charge in [-0.05, 0) is 33.6 Å². The summed E-state index contributed by atoms with van der Waals surface area (Å²) in [4.78, 5) is 11.0. The van der Waals surface area contributed by atoms with Crippen molar-refractivity contribution >= 4 is 6.09 Å². The Labute approximate surface area is 79.8 Å². The lowest BCUT2D eigenvalue weighted by Gasteiger charge is -2.19. The van der Waals surface area contributed by atoms with Gasteiger partial charge >= 0.3 is 6.09 Å². The van der Waals surface area contributed by atoms with Crippen LogP contribution in [-0.2, 0) is 4.74 Å². The molecule has 0 aliphatic heterocycles. The zero-order valence-corrected chi connectivity index (χ0v) is 8.64. The number of carbonyl (C=O) groups is 1. The summed E-state index contributed by atoms with van der Waals surface area (Å²) in [5.41, 5.74) is 6.46. The van der Waals surface area contributed by atoms with Crippen molar-refractivity contribution in [3.05, 3.63) is 0 Å². The van der Waals surface area contributed by atoms with Crippen molar-refractivity contribution in [2.75, 3.05) is 13.1 Å². The van der Waals surface area contributed by atoms with Crippen molar-refractivity contribution in [3.8, 4) is 0 Å². The van der Waals surface area contributed by atoms with Gasteiger partial charge in [0.2, 0.25) is 0 Å². The van der Waals surface area contributed by atoms with Crippen molar-refractivity contribution < 1.29 is 9.53 Å². The summed E-state index contributed by atoms with van der Waals surface area (Å²) >= 11 is 0. The van der Waals surface area contributed by atoms with Crippen LogP contribution in [0.2, 0.25) is 0 Å². The predicted molar refractivity (Wildman–Crippen MR) is 51.4 cm³/mol. The van der Waals surface area contributed by atoms with E-state index in [4.69, 9.17) is 10.5 Å². The fraction of sp³-hybridized carbons (Fsp3) is 0.889. The largest absolute Gasteiger partial charge is 0.444 e. The van der Waals surface area contributed by atoms with Crippen LogP contribution < -0.4 is 11.1 Å². The van der Waals surface area contributed by atoms with E-state index in [9.17, 15) is 4.79 Å². The number of carbonyl (C=O) groups excluding carboxylic acids is 1. The van der Waals surface area contributed by atoms with Gasteiger partial charge in [-0.25, -0.2) is 4.79 Å². The first-order valence-electron chi connectivity index (χ1n) is 4.57. The summed E-state index contributed by atoms with van der Waals surface area (Å²) in [6.07, 6.45) is 1.27. The standard InChI is InChI=1S/C9H19N2O2/c1-9(2,3)13-8(12)11-7-5-4-6-10/h10H,4-7H2,1-3H3,(H,11,12). The van der Waals surface area contributed by atoms with Gasteiger partial charge < -0.3 is 10.1 Å². The second-order valence-electron chi connectivity index (χ2n) is 3.89. The minimum absolute atomic E-state index is 0.377. The number of alkyl carbamates (subject to hydrolysis) is 1. The molecule has 77 valence electrons. The molecular formula is C9H19N2O2. The Hall–Kier alpha value is -0.770. The molecule has 0 aromatic heterocycles. The van der Waals surface area contributed by atoms with Crippen molar-refractivity contribution in [2.45, 2.75) is 39.2 Å². The SMILES string of the molecule is CC(C)(C)OC(=O)NCCCC[NH]. The van der Waals surface area contributed by atoms with Crippen molar-refractivity contribution in [1.82, 2.24) is 11.1 Å². The third-order valence-corrected chi connectivity index (χ3v) is 1.27. The van der Waals surface area contributed by atoms with E-state index >= 15 is 0 Å². The normalized spacial score (nSPS) is 11.1. The summed E-state index contributed by atoms with van der Waals surface area (Å²) < 4.78 is 5.02. The summed E-state index contributed by atoms with van der Waals surface area (Å²) in [6.45, 7) is 6.49. The molecule has 0 unspecified atom stereocenters. The number of ether oxygens (including phenoxy) is 1. The highest BCUT2D eigenvalue weighted by Crippen LogP contribution is 2.06. The van der Waals surface area contributed by atoms with E-state index in [1.165, 1.54) is 0 Å². The molecule has 0 aliphatic carbocycles. The van der Waals surface area contributed by atoms with Crippen LogP contribution in [0.4, 0.5) is 4.79 Å². The van der Waals surface area contributed by atoms with Crippen LogP contribution in [0.3, 0.4) is 0 Å². The van der Waals surface area contributed by atoms with E-state index in [1.54, 1.807) is 0 Å². The first-order chi connectivity index (χ1) is 5.95. The second kappa shape index (κ2) is 5.80. The number of hydrogen-bond acceptors (Lipinski definition) is 2. The third-order valence-electron chi connectivity index (χ3n) is 1.27. The van der Waals surface area contributed by atoms with Gasteiger partial charge in [0.25, 0.3) is 0 Å². The number of unbranched alkanes of at least 4 members (excludes halogenated alkanes) is 1. The first kappa shape index (κ1) is 12.2. The number of amides is 1. The summed E-state index contributed by atoms with van der Waals surface area (Å²) in [6, 6.07) is 0. The van der Waals surface area contributed by atoms with Crippen molar-refractivity contribution in [2.24, 2.45) is 0 Å². The average molecular weight is 187 g/mol. The molecule has 0 spiro atoms. The van der Waals surface area contributed by atoms with E-state index in [0.717, 1.165) is 12.8 Å². The van der Waals surface area contributed by atoms with Crippen molar-refractivity contribution in [3.63, 3.8) is 0 Å². The average Bonchev–Trinajstić information content (AvgIpc) is 1.94. The Balaban J connectivity index is 3.41. The molecule has 0 aromatic carbocycles. The molecule has 0 fully saturated rings. The molecule has 4 nitrogen and oxygen atoms in total. The molecule has 2 N–H and O–H groups in total. The van der Waals surface area contributed by atoms with Gasteiger partial charge in [-0.1, -0.05) is 0 Å². The zero-order valence-electron chi connectivity index (χ0n) is 8.64. The summed E-state index contributed by atoms with van der Waals surface area (Å²) in [5, 5.41) is 2.63. The van der Waals surface area contributed by atoms with Crippen LogP contribution in [0.1, 0.15) is 33.6 Å². The van der Waals surface area contributed by atoms with Gasteiger partial charge in [-0.2, -0.15) is 0 Å². The molecule has 0 aromatic rings. The highest BCUT2D eigenvalue weighted by Gasteiger charge is 2.15. The molecule has 1 amide bonds. The maximum atomic E-state index is 11.0. The molecule has 0 saturated carbocycles. The lowest BCUT2D eigenvalue weighted by Crippen LogP contribution is -2.33. The minimum Gasteiger partial charge on any atom is -0.444 e. The van der Waals surface area contributed by atoms with E-state index in [0.29, 0.717) is 13.1 Å². The molecule has 0 heterocycles. The molecule has 0 rings (SSSR count). The van der Waals surface area contributed by atoms with Crippen LogP contribution >= 0.6 is 0 Å². The maximum absolute atomic E-state index is 11.0.